The first-order valence-corrected chi connectivity index (χ1v) is 5.58. The van der Waals surface area contributed by atoms with E-state index in [0.717, 1.165) is 19.4 Å². The molecule has 0 spiro atoms. The molecular weight excluding hydrogens is 194 g/mol. The maximum atomic E-state index is 11.9. The van der Waals surface area contributed by atoms with E-state index in [9.17, 15) is 4.79 Å². The van der Waals surface area contributed by atoms with Gasteiger partial charge in [0.2, 0.25) is 5.91 Å². The molecule has 0 saturated carbocycles. The lowest BCUT2D eigenvalue weighted by Crippen LogP contribution is -2.38. The smallest absolute Gasteiger partial charge is 0.223 e. The number of rotatable bonds is 5. The Kier molecular flexibility index (Phi) is 5.05. The molecule has 88 valence electrons. The van der Waals surface area contributed by atoms with E-state index in [1.807, 2.05) is 11.8 Å². The molecule has 0 aromatic heterocycles. The molecule has 1 N–H and O–H groups in total. The van der Waals surface area contributed by atoms with Crippen molar-refractivity contribution in [3.05, 3.63) is 0 Å². The summed E-state index contributed by atoms with van der Waals surface area (Å²) in [6, 6.07) is 0.0484. The first-order valence-electron chi connectivity index (χ1n) is 5.58. The van der Waals surface area contributed by atoms with E-state index in [0.29, 0.717) is 13.0 Å². The van der Waals surface area contributed by atoms with Crippen LogP contribution in [0.5, 0.6) is 0 Å². The van der Waals surface area contributed by atoms with Crippen LogP contribution in [0.25, 0.3) is 0 Å². The number of carbonyl (C=O) groups is 1. The summed E-state index contributed by atoms with van der Waals surface area (Å²) < 4.78 is 5.00. The summed E-state index contributed by atoms with van der Waals surface area (Å²) >= 11 is 0. The van der Waals surface area contributed by atoms with Gasteiger partial charge in [0, 0.05) is 26.7 Å². The zero-order valence-corrected chi connectivity index (χ0v) is 9.61. The van der Waals surface area contributed by atoms with Crippen molar-refractivity contribution in [1.82, 2.24) is 4.90 Å². The summed E-state index contributed by atoms with van der Waals surface area (Å²) in [6.45, 7) is 3.50. The summed E-state index contributed by atoms with van der Waals surface area (Å²) in [7, 11) is 1.65. The normalized spacial score (nSPS) is 23.1. The van der Waals surface area contributed by atoms with Gasteiger partial charge in [-0.2, -0.15) is 0 Å². The van der Waals surface area contributed by atoms with E-state index < -0.39 is 0 Å². The van der Waals surface area contributed by atoms with Crippen LogP contribution in [0.1, 0.15) is 26.2 Å². The van der Waals surface area contributed by atoms with Crippen LogP contribution in [0.4, 0.5) is 0 Å². The fourth-order valence-electron chi connectivity index (χ4n) is 2.11. The average molecular weight is 215 g/mol. The van der Waals surface area contributed by atoms with Crippen LogP contribution < -0.4 is 0 Å². The Labute approximate surface area is 91.2 Å². The van der Waals surface area contributed by atoms with Crippen LogP contribution in [0.2, 0.25) is 0 Å². The lowest BCUT2D eigenvalue weighted by Gasteiger charge is -2.24. The molecule has 0 aromatic carbocycles. The van der Waals surface area contributed by atoms with Crippen LogP contribution in [-0.2, 0) is 9.53 Å². The Balaban J connectivity index is 2.38. The van der Waals surface area contributed by atoms with Gasteiger partial charge in [-0.1, -0.05) is 6.92 Å². The van der Waals surface area contributed by atoms with Crippen LogP contribution in [0.15, 0.2) is 0 Å². The van der Waals surface area contributed by atoms with Gasteiger partial charge in [-0.25, -0.2) is 0 Å². The lowest BCUT2D eigenvalue weighted by molar-refractivity contribution is -0.134. The number of aliphatic hydroxyl groups is 1. The number of nitrogens with zero attached hydrogens (tertiary/aromatic N) is 1. The minimum Gasteiger partial charge on any atom is -0.394 e. The maximum Gasteiger partial charge on any atom is 0.223 e. The van der Waals surface area contributed by atoms with Gasteiger partial charge in [0.1, 0.15) is 0 Å². The molecule has 1 fully saturated rings. The molecule has 15 heavy (non-hydrogen) atoms. The zero-order chi connectivity index (χ0) is 11.3. The highest BCUT2D eigenvalue weighted by Crippen LogP contribution is 2.19. The second-order valence-electron chi connectivity index (χ2n) is 4.33. The predicted molar refractivity (Wildman–Crippen MR) is 57.5 cm³/mol. The number of hydrogen-bond donors (Lipinski definition) is 1. The molecule has 0 bridgehead atoms. The number of amides is 1. The third-order valence-electron chi connectivity index (χ3n) is 2.88. The van der Waals surface area contributed by atoms with E-state index in [1.54, 1.807) is 7.11 Å². The molecular formula is C11H21NO3. The Morgan fingerprint density at radius 1 is 1.67 bits per heavy atom. The van der Waals surface area contributed by atoms with Crippen molar-refractivity contribution in [3.8, 4) is 0 Å². The van der Waals surface area contributed by atoms with Crippen molar-refractivity contribution < 1.29 is 14.6 Å². The van der Waals surface area contributed by atoms with Gasteiger partial charge < -0.3 is 14.7 Å². The summed E-state index contributed by atoms with van der Waals surface area (Å²) in [5.74, 6) is 0.401. The highest BCUT2D eigenvalue weighted by Gasteiger charge is 2.28. The number of hydrogen-bond acceptors (Lipinski definition) is 3. The first kappa shape index (κ1) is 12.5. The minimum atomic E-state index is 0.0484. The Hall–Kier alpha value is -0.610. The quantitative estimate of drug-likeness (QED) is 0.732. The number of ether oxygens (including phenoxy) is 1. The van der Waals surface area contributed by atoms with Gasteiger partial charge in [0.15, 0.2) is 0 Å². The van der Waals surface area contributed by atoms with E-state index in [4.69, 9.17) is 9.84 Å². The van der Waals surface area contributed by atoms with Gasteiger partial charge in [-0.15, -0.1) is 0 Å². The highest BCUT2D eigenvalue weighted by molar-refractivity contribution is 5.77. The Morgan fingerprint density at radius 3 is 3.00 bits per heavy atom. The number of methoxy groups -OCH3 is 1. The first-order chi connectivity index (χ1) is 7.19. The largest absolute Gasteiger partial charge is 0.394 e. The molecule has 0 aromatic rings. The van der Waals surface area contributed by atoms with Crippen molar-refractivity contribution >= 4 is 5.91 Å². The number of aliphatic hydroxyl groups excluding tert-OH is 1. The Morgan fingerprint density at radius 2 is 2.40 bits per heavy atom. The predicted octanol–water partition coefficient (Wildman–Crippen LogP) is 0.642. The molecule has 1 heterocycles. The van der Waals surface area contributed by atoms with Crippen LogP contribution >= 0.6 is 0 Å². The molecule has 4 heteroatoms. The SMILES string of the molecule is COCC(C)CC(=O)N1CCCC1CO. The molecule has 2 unspecified atom stereocenters. The third-order valence-corrected chi connectivity index (χ3v) is 2.88. The second-order valence-corrected chi connectivity index (χ2v) is 4.33. The third kappa shape index (κ3) is 3.47. The summed E-state index contributed by atoms with van der Waals surface area (Å²) in [4.78, 5) is 13.7. The van der Waals surface area contributed by atoms with Crippen molar-refractivity contribution in [2.24, 2.45) is 5.92 Å². The van der Waals surface area contributed by atoms with Crippen molar-refractivity contribution in [2.75, 3.05) is 26.9 Å². The topological polar surface area (TPSA) is 49.8 Å². The van der Waals surface area contributed by atoms with E-state index >= 15 is 0 Å². The fourth-order valence-corrected chi connectivity index (χ4v) is 2.11. The molecule has 1 aliphatic heterocycles. The van der Waals surface area contributed by atoms with E-state index in [1.165, 1.54) is 0 Å². The molecule has 1 saturated heterocycles. The molecule has 0 aliphatic carbocycles. The molecule has 2 atom stereocenters. The van der Waals surface area contributed by atoms with Crippen molar-refractivity contribution in [1.29, 1.82) is 0 Å². The van der Waals surface area contributed by atoms with E-state index in [-0.39, 0.29) is 24.5 Å². The lowest BCUT2D eigenvalue weighted by atomic mass is 10.1. The van der Waals surface area contributed by atoms with Gasteiger partial charge >= 0.3 is 0 Å². The maximum absolute atomic E-state index is 11.9. The zero-order valence-electron chi connectivity index (χ0n) is 9.61. The average Bonchev–Trinajstić information content (AvgIpc) is 2.65. The van der Waals surface area contributed by atoms with Gasteiger partial charge in [0.05, 0.1) is 12.6 Å². The van der Waals surface area contributed by atoms with Crippen molar-refractivity contribution in [3.63, 3.8) is 0 Å². The standard InChI is InChI=1S/C11H21NO3/c1-9(8-15-2)6-11(14)12-5-3-4-10(12)7-13/h9-10,13H,3-8H2,1-2H3. The monoisotopic (exact) mass is 215 g/mol. The van der Waals surface area contributed by atoms with Gasteiger partial charge in [-0.3, -0.25) is 4.79 Å². The Bertz CT molecular complexity index is 208. The van der Waals surface area contributed by atoms with Crippen LogP contribution in [0.3, 0.4) is 0 Å². The number of likely N-dealkylation sites (tertiary alicyclic amines) is 1. The molecule has 0 radical (unpaired) electrons. The van der Waals surface area contributed by atoms with Crippen LogP contribution in [0, 0.1) is 5.92 Å². The summed E-state index contributed by atoms with van der Waals surface area (Å²) in [5, 5.41) is 9.10. The minimum absolute atomic E-state index is 0.0484. The molecule has 4 nitrogen and oxygen atoms in total. The fraction of sp³-hybridized carbons (Fsp3) is 0.909. The summed E-state index contributed by atoms with van der Waals surface area (Å²) in [5.41, 5.74) is 0. The van der Waals surface area contributed by atoms with Gasteiger partial charge in [0.25, 0.3) is 0 Å². The highest BCUT2D eigenvalue weighted by atomic mass is 16.5. The molecule has 1 rings (SSSR count). The van der Waals surface area contributed by atoms with Crippen molar-refractivity contribution in [2.45, 2.75) is 32.2 Å². The molecule has 1 aliphatic rings. The second kappa shape index (κ2) is 6.08. The summed E-state index contributed by atoms with van der Waals surface area (Å²) in [6.07, 6.45) is 2.46. The van der Waals surface area contributed by atoms with Crippen LogP contribution in [-0.4, -0.2) is 48.8 Å². The molecule has 1 amide bonds. The van der Waals surface area contributed by atoms with E-state index in [2.05, 4.69) is 0 Å². The number of carbonyl (C=O) groups excluding carboxylic acids is 1. The van der Waals surface area contributed by atoms with Gasteiger partial charge in [-0.05, 0) is 18.8 Å².